The van der Waals surface area contributed by atoms with Gasteiger partial charge in [-0.15, -0.1) is 0 Å². The van der Waals surface area contributed by atoms with Crippen molar-refractivity contribution in [3.63, 3.8) is 0 Å². The van der Waals surface area contributed by atoms with Crippen molar-refractivity contribution in [2.24, 2.45) is 21.1 Å². The van der Waals surface area contributed by atoms with Crippen LogP contribution in [0.1, 0.15) is 0 Å². The lowest BCUT2D eigenvalue weighted by atomic mass is 10.2. The van der Waals surface area contributed by atoms with Crippen LogP contribution in [0.4, 0.5) is 0 Å². The molecule has 0 aliphatic carbocycles. The van der Waals surface area contributed by atoms with E-state index >= 15 is 0 Å². The van der Waals surface area contributed by atoms with Crippen LogP contribution in [0.25, 0.3) is 34.6 Å². The maximum atomic E-state index is 4.78. The average Bonchev–Trinajstić information content (AvgIpc) is 2.69. The lowest BCUT2D eigenvalue weighted by Crippen LogP contribution is -2.33. The van der Waals surface area contributed by atoms with E-state index in [1.165, 1.54) is 0 Å². The lowest BCUT2D eigenvalue weighted by molar-refractivity contribution is -0.661. The second-order valence-electron chi connectivity index (χ2n) is 6.40. The van der Waals surface area contributed by atoms with E-state index in [0.29, 0.717) is 17.5 Å². The van der Waals surface area contributed by atoms with Crippen molar-refractivity contribution < 1.29 is 13.7 Å². The summed E-state index contributed by atoms with van der Waals surface area (Å²) in [5.74, 6) is 1.93. The van der Waals surface area contributed by atoms with E-state index in [1.54, 1.807) is 0 Å². The van der Waals surface area contributed by atoms with Crippen molar-refractivity contribution in [1.82, 2.24) is 15.0 Å². The maximum absolute atomic E-state index is 4.78. The third-order valence-corrected chi connectivity index (χ3v) is 4.49. The molecule has 0 amide bonds. The van der Waals surface area contributed by atoms with Gasteiger partial charge in [-0.05, 0) is 18.2 Å². The predicted molar refractivity (Wildman–Crippen MR) is 99.7 cm³/mol. The Labute approximate surface area is 158 Å². The molecule has 0 N–H and O–H groups in total. The molecule has 0 aliphatic rings. The molecule has 4 aromatic heterocycles. The first-order valence-corrected chi connectivity index (χ1v) is 8.74. The number of aryl methyl sites for hydroxylation is 3. The summed E-state index contributed by atoms with van der Waals surface area (Å²) < 4.78 is 6.04. The Balaban J connectivity index is 1.99. The highest BCUT2D eigenvalue weighted by molar-refractivity contribution is 5.57. The van der Waals surface area contributed by atoms with E-state index in [0.717, 1.165) is 17.1 Å². The molecule has 0 atom stereocenters. The van der Waals surface area contributed by atoms with Gasteiger partial charge in [-0.25, -0.2) is 0 Å². The molecule has 6 heteroatoms. The Hall–Kier alpha value is -3.54. The van der Waals surface area contributed by atoms with Crippen LogP contribution in [0.15, 0.2) is 73.2 Å². The van der Waals surface area contributed by atoms with Crippen molar-refractivity contribution in [2.45, 2.75) is 0 Å². The molecule has 4 aromatic rings. The highest BCUT2D eigenvalue weighted by Crippen LogP contribution is 2.19. The number of rotatable bonds is 3. The minimum Gasteiger partial charge on any atom is -0.198 e. The SMILES string of the molecule is C[n+]1ccccc1-c1nc(-c2cccc[n+]2C)nc(-c2cccc[n+]2C)n1. The lowest BCUT2D eigenvalue weighted by Gasteiger charge is -2.05. The largest absolute Gasteiger partial charge is 0.250 e. The summed E-state index contributed by atoms with van der Waals surface area (Å²) >= 11 is 0. The van der Waals surface area contributed by atoms with E-state index in [2.05, 4.69) is 0 Å². The number of pyridine rings is 3. The molecule has 27 heavy (non-hydrogen) atoms. The van der Waals surface area contributed by atoms with Crippen LogP contribution in [0, 0.1) is 0 Å². The van der Waals surface area contributed by atoms with E-state index in [-0.39, 0.29) is 0 Å². The molecule has 0 bridgehead atoms. The second-order valence-corrected chi connectivity index (χ2v) is 6.40. The summed E-state index contributed by atoms with van der Waals surface area (Å²) in [5.41, 5.74) is 2.79. The normalized spacial score (nSPS) is 10.8. The summed E-state index contributed by atoms with van der Waals surface area (Å²) in [6.45, 7) is 0. The van der Waals surface area contributed by atoms with Crippen LogP contribution >= 0.6 is 0 Å². The van der Waals surface area contributed by atoms with Crippen LogP contribution in [0.2, 0.25) is 0 Å². The number of nitrogens with zero attached hydrogens (tertiary/aromatic N) is 6. The molecule has 0 fully saturated rings. The fourth-order valence-electron chi connectivity index (χ4n) is 2.99. The Bertz CT molecular complexity index is 969. The first-order chi connectivity index (χ1) is 13.1. The number of aromatic nitrogens is 6. The van der Waals surface area contributed by atoms with Gasteiger partial charge in [-0.2, -0.15) is 28.7 Å². The molecule has 0 saturated heterocycles. The van der Waals surface area contributed by atoms with Gasteiger partial charge in [0.1, 0.15) is 21.1 Å². The summed E-state index contributed by atoms with van der Waals surface area (Å²) in [4.78, 5) is 14.3. The van der Waals surface area contributed by atoms with Crippen molar-refractivity contribution in [1.29, 1.82) is 0 Å². The van der Waals surface area contributed by atoms with Gasteiger partial charge >= 0.3 is 0 Å². The number of hydrogen-bond donors (Lipinski definition) is 0. The fourth-order valence-corrected chi connectivity index (χ4v) is 2.99. The van der Waals surface area contributed by atoms with Gasteiger partial charge in [0.25, 0.3) is 0 Å². The van der Waals surface area contributed by atoms with E-state index in [4.69, 9.17) is 15.0 Å². The van der Waals surface area contributed by atoms with Crippen LogP contribution in [-0.4, -0.2) is 15.0 Å². The molecule has 132 valence electrons. The minimum atomic E-state index is 0.644. The van der Waals surface area contributed by atoms with Gasteiger partial charge < -0.3 is 0 Å². The van der Waals surface area contributed by atoms with Gasteiger partial charge in [-0.1, -0.05) is 0 Å². The third kappa shape index (κ3) is 3.29. The topological polar surface area (TPSA) is 50.3 Å². The van der Waals surface area contributed by atoms with Crippen LogP contribution < -0.4 is 13.7 Å². The molecule has 0 saturated carbocycles. The molecule has 0 spiro atoms. The van der Waals surface area contributed by atoms with Crippen LogP contribution in [0.3, 0.4) is 0 Å². The van der Waals surface area contributed by atoms with E-state index in [1.807, 2.05) is 108 Å². The summed E-state index contributed by atoms with van der Waals surface area (Å²) in [6.07, 6.45) is 5.97. The van der Waals surface area contributed by atoms with Gasteiger partial charge in [0.15, 0.2) is 18.6 Å². The molecule has 6 nitrogen and oxygen atoms in total. The molecular formula is C21H21N6+3. The zero-order chi connectivity index (χ0) is 18.8. The average molecular weight is 357 g/mol. The zero-order valence-corrected chi connectivity index (χ0v) is 15.6. The quantitative estimate of drug-likeness (QED) is 0.520. The standard InChI is InChI=1S/C21H21N6/c1-25-13-7-4-10-16(25)19-22-20(17-11-5-8-14-26(17)2)24-21(23-19)18-12-6-9-15-27(18)3/h4-15H,1-3H3/q+3. The Kier molecular flexibility index (Phi) is 4.38. The molecule has 0 radical (unpaired) electrons. The maximum Gasteiger partial charge on any atom is 0.250 e. The fraction of sp³-hybridized carbons (Fsp3) is 0.143. The second kappa shape index (κ2) is 6.99. The molecule has 4 heterocycles. The van der Waals surface area contributed by atoms with Crippen LogP contribution in [0.5, 0.6) is 0 Å². The van der Waals surface area contributed by atoms with Gasteiger partial charge in [0, 0.05) is 36.4 Å². The van der Waals surface area contributed by atoms with Crippen molar-refractivity contribution in [3.8, 4) is 34.6 Å². The smallest absolute Gasteiger partial charge is 0.198 e. The highest BCUT2D eigenvalue weighted by atomic mass is 15.1. The van der Waals surface area contributed by atoms with Crippen molar-refractivity contribution in [3.05, 3.63) is 73.2 Å². The first-order valence-electron chi connectivity index (χ1n) is 8.74. The van der Waals surface area contributed by atoms with Crippen molar-refractivity contribution in [2.75, 3.05) is 0 Å². The monoisotopic (exact) mass is 357 g/mol. The molecule has 0 unspecified atom stereocenters. The van der Waals surface area contributed by atoms with Gasteiger partial charge in [-0.3, -0.25) is 0 Å². The van der Waals surface area contributed by atoms with E-state index in [9.17, 15) is 0 Å². The summed E-state index contributed by atoms with van der Waals surface area (Å²) in [7, 11) is 5.97. The minimum absolute atomic E-state index is 0.644. The highest BCUT2D eigenvalue weighted by Gasteiger charge is 2.23. The predicted octanol–water partition coefficient (Wildman–Crippen LogP) is 1.35. The molecule has 0 aliphatic heterocycles. The third-order valence-electron chi connectivity index (χ3n) is 4.49. The summed E-state index contributed by atoms with van der Waals surface area (Å²) in [5, 5.41) is 0. The van der Waals surface area contributed by atoms with Crippen LogP contribution in [-0.2, 0) is 21.1 Å². The van der Waals surface area contributed by atoms with Gasteiger partial charge in [0.2, 0.25) is 34.6 Å². The molecular weight excluding hydrogens is 336 g/mol. The Morgan fingerprint density at radius 2 is 0.778 bits per heavy atom. The summed E-state index contributed by atoms with van der Waals surface area (Å²) in [6, 6.07) is 18.0. The zero-order valence-electron chi connectivity index (χ0n) is 15.6. The van der Waals surface area contributed by atoms with Gasteiger partial charge in [0.05, 0.1) is 0 Å². The van der Waals surface area contributed by atoms with E-state index < -0.39 is 0 Å². The first kappa shape index (κ1) is 16.9. The molecule has 0 aromatic carbocycles. The van der Waals surface area contributed by atoms with Crippen molar-refractivity contribution >= 4 is 0 Å². The Morgan fingerprint density at radius 1 is 0.481 bits per heavy atom. The number of hydrogen-bond acceptors (Lipinski definition) is 3. The Morgan fingerprint density at radius 3 is 1.04 bits per heavy atom. The molecule has 4 rings (SSSR count).